The third-order valence-corrected chi connectivity index (χ3v) is 10.7. The molecule has 6 aromatic carbocycles. The average molecular weight is 671 g/mol. The minimum atomic E-state index is 0.973. The summed E-state index contributed by atoms with van der Waals surface area (Å²) >= 11 is 1.98. The summed E-state index contributed by atoms with van der Waals surface area (Å²) in [6.45, 7) is 0. The molecule has 2 aromatic heterocycles. The molecule has 0 amide bonds. The van der Waals surface area contributed by atoms with E-state index in [4.69, 9.17) is 9.97 Å². The molecule has 242 valence electrons. The normalized spacial score (nSPS) is 12.1. The average Bonchev–Trinajstić information content (AvgIpc) is 3.40. The Morgan fingerprint density at radius 3 is 0.922 bits per heavy atom. The summed E-state index contributed by atoms with van der Waals surface area (Å²) in [5, 5.41) is 0. The van der Waals surface area contributed by atoms with Crippen LogP contribution in [0, 0.1) is 0 Å². The molecular weight excluding hydrogens is 637 g/mol. The van der Waals surface area contributed by atoms with Gasteiger partial charge in [0.05, 0.1) is 22.8 Å². The van der Waals surface area contributed by atoms with Crippen molar-refractivity contribution in [1.29, 1.82) is 0 Å². The molecule has 2 nitrogen and oxygen atoms in total. The first-order valence-electron chi connectivity index (χ1n) is 17.4. The van der Waals surface area contributed by atoms with Gasteiger partial charge in [-0.2, -0.15) is 11.8 Å². The van der Waals surface area contributed by atoms with E-state index in [1.807, 2.05) is 11.8 Å². The Morgan fingerprint density at radius 1 is 0.294 bits per heavy atom. The van der Waals surface area contributed by atoms with Gasteiger partial charge in [0.2, 0.25) is 0 Å². The van der Waals surface area contributed by atoms with Crippen LogP contribution in [0.25, 0.3) is 78.4 Å². The van der Waals surface area contributed by atoms with Crippen LogP contribution in [0.4, 0.5) is 0 Å². The quantitative estimate of drug-likeness (QED) is 0.176. The van der Waals surface area contributed by atoms with Crippen LogP contribution >= 0.6 is 11.8 Å². The van der Waals surface area contributed by atoms with Crippen LogP contribution in [0.5, 0.6) is 0 Å². The summed E-state index contributed by atoms with van der Waals surface area (Å²) in [6.07, 6.45) is 0. The monoisotopic (exact) mass is 670 g/mol. The van der Waals surface area contributed by atoms with Crippen LogP contribution in [-0.2, 0) is 11.5 Å². The number of aromatic nitrogens is 2. The lowest BCUT2D eigenvalue weighted by Crippen LogP contribution is -1.94. The fourth-order valence-corrected chi connectivity index (χ4v) is 8.00. The van der Waals surface area contributed by atoms with Crippen LogP contribution in [0.15, 0.2) is 182 Å². The maximum absolute atomic E-state index is 5.13. The van der Waals surface area contributed by atoms with Crippen molar-refractivity contribution in [1.82, 2.24) is 9.97 Å². The maximum atomic E-state index is 5.13. The fraction of sp³-hybridized carbons (Fsp3) is 0.0417. The number of benzene rings is 6. The van der Waals surface area contributed by atoms with Crippen LogP contribution in [-0.4, -0.2) is 9.97 Å². The van der Waals surface area contributed by atoms with Crippen molar-refractivity contribution in [2.45, 2.75) is 11.5 Å². The van der Waals surface area contributed by atoms with Gasteiger partial charge >= 0.3 is 0 Å². The van der Waals surface area contributed by atoms with Crippen molar-refractivity contribution in [3.8, 4) is 78.4 Å². The van der Waals surface area contributed by atoms with Gasteiger partial charge in [-0.1, -0.05) is 146 Å². The van der Waals surface area contributed by atoms with Crippen LogP contribution < -0.4 is 0 Å². The predicted molar refractivity (Wildman–Crippen MR) is 215 cm³/mol. The summed E-state index contributed by atoms with van der Waals surface area (Å²) in [5.74, 6) is 1.96. The Balaban J connectivity index is 1.18. The van der Waals surface area contributed by atoms with Crippen molar-refractivity contribution < 1.29 is 0 Å². The number of thioether (sulfide) groups is 1. The minimum Gasteiger partial charge on any atom is -0.248 e. The number of pyridine rings is 2. The fourth-order valence-electron chi connectivity index (χ4n) is 6.96. The Kier molecular flexibility index (Phi) is 8.33. The molecule has 0 saturated carbocycles. The summed E-state index contributed by atoms with van der Waals surface area (Å²) < 4.78 is 0. The SMILES string of the molecule is c1ccc(-c2cc(-c3ccc4c(c3)-c3cc(-c5cc(-c6ccccc6)nc(-c6ccccc6)c5)ccc3CSC4)cc(-c3ccccc3)n2)cc1. The van der Waals surface area contributed by atoms with E-state index in [-0.39, 0.29) is 0 Å². The molecule has 1 aliphatic rings. The summed E-state index contributed by atoms with van der Waals surface area (Å²) in [7, 11) is 0. The zero-order valence-corrected chi connectivity index (χ0v) is 28.9. The van der Waals surface area contributed by atoms with Crippen LogP contribution in [0.1, 0.15) is 11.1 Å². The molecule has 0 unspecified atom stereocenters. The minimum absolute atomic E-state index is 0.973. The molecule has 0 radical (unpaired) electrons. The first kappa shape index (κ1) is 31.0. The predicted octanol–water partition coefficient (Wildman–Crippen LogP) is 12.9. The van der Waals surface area contributed by atoms with Crippen LogP contribution in [0.3, 0.4) is 0 Å². The molecule has 51 heavy (non-hydrogen) atoms. The zero-order chi connectivity index (χ0) is 34.0. The Labute approximate surface area is 303 Å². The smallest absolute Gasteiger partial charge is 0.0715 e. The van der Waals surface area contributed by atoms with Crippen molar-refractivity contribution in [3.63, 3.8) is 0 Å². The maximum Gasteiger partial charge on any atom is 0.0715 e. The van der Waals surface area contributed by atoms with E-state index in [2.05, 4.69) is 182 Å². The Bertz CT molecular complexity index is 2190. The van der Waals surface area contributed by atoms with Crippen molar-refractivity contribution in [2.24, 2.45) is 0 Å². The van der Waals surface area contributed by atoms with Gasteiger partial charge in [-0.3, -0.25) is 0 Å². The first-order chi connectivity index (χ1) is 25.2. The number of nitrogens with zero attached hydrogens (tertiary/aromatic N) is 2. The van der Waals surface area contributed by atoms with Crippen molar-refractivity contribution in [2.75, 3.05) is 0 Å². The number of hydrogen-bond acceptors (Lipinski definition) is 3. The second kappa shape index (κ2) is 13.7. The van der Waals surface area contributed by atoms with E-state index in [0.717, 1.165) is 67.7 Å². The summed E-state index contributed by atoms with van der Waals surface area (Å²) in [4.78, 5) is 10.3. The Hall–Kier alpha value is -6.03. The van der Waals surface area contributed by atoms with Gasteiger partial charge in [0.15, 0.2) is 0 Å². The highest BCUT2D eigenvalue weighted by molar-refractivity contribution is 7.97. The number of fused-ring (bicyclic) bond motifs is 3. The van der Waals surface area contributed by atoms with E-state index in [9.17, 15) is 0 Å². The lowest BCUT2D eigenvalue weighted by molar-refractivity contribution is 1.32. The molecule has 1 aliphatic heterocycles. The summed E-state index contributed by atoms with van der Waals surface area (Å²) in [6, 6.07) is 64.9. The lowest BCUT2D eigenvalue weighted by Gasteiger charge is -2.16. The molecular formula is C48H34N2S. The molecule has 0 aliphatic carbocycles. The van der Waals surface area contributed by atoms with E-state index in [1.54, 1.807) is 0 Å². The molecule has 0 N–H and O–H groups in total. The highest BCUT2D eigenvalue weighted by Gasteiger charge is 2.19. The van der Waals surface area contributed by atoms with E-state index in [0.29, 0.717) is 0 Å². The molecule has 0 atom stereocenters. The van der Waals surface area contributed by atoms with Gasteiger partial charge in [0.1, 0.15) is 0 Å². The largest absolute Gasteiger partial charge is 0.248 e. The van der Waals surface area contributed by atoms with Crippen molar-refractivity contribution in [3.05, 3.63) is 193 Å². The molecule has 0 spiro atoms. The van der Waals surface area contributed by atoms with E-state index >= 15 is 0 Å². The second-order valence-corrected chi connectivity index (χ2v) is 13.9. The van der Waals surface area contributed by atoms with E-state index < -0.39 is 0 Å². The molecule has 9 rings (SSSR count). The third kappa shape index (κ3) is 6.40. The molecule has 8 aromatic rings. The highest BCUT2D eigenvalue weighted by Crippen LogP contribution is 2.42. The molecule has 3 heterocycles. The molecule has 0 fully saturated rings. The number of rotatable bonds is 6. The number of hydrogen-bond donors (Lipinski definition) is 0. The molecule has 3 heteroatoms. The summed E-state index contributed by atoms with van der Waals surface area (Å²) in [5.41, 5.74) is 18.4. The standard InChI is InChI=1S/C48H34N2S/c1-5-13-33(14-6-1)45-27-41(28-46(49-45)34-15-7-2-8-16-34)37-21-23-39-31-51-32-40-24-22-38(26-44(40)43(39)25-37)42-29-47(35-17-9-3-10-18-35)50-48(30-42)36-19-11-4-12-20-36/h1-30H,31-32H2. The van der Waals surface area contributed by atoms with Crippen LogP contribution in [0.2, 0.25) is 0 Å². The van der Waals surface area contributed by atoms with E-state index in [1.165, 1.54) is 33.4 Å². The lowest BCUT2D eigenvalue weighted by atomic mass is 9.90. The zero-order valence-electron chi connectivity index (χ0n) is 28.0. The second-order valence-electron chi connectivity index (χ2n) is 13.0. The topological polar surface area (TPSA) is 25.8 Å². The van der Waals surface area contributed by atoms with Gasteiger partial charge in [0.25, 0.3) is 0 Å². The van der Waals surface area contributed by atoms with Gasteiger partial charge in [-0.15, -0.1) is 0 Å². The van der Waals surface area contributed by atoms with Gasteiger partial charge in [0, 0.05) is 33.8 Å². The van der Waals surface area contributed by atoms with Gasteiger partial charge in [-0.25, -0.2) is 9.97 Å². The Morgan fingerprint density at radius 2 is 0.608 bits per heavy atom. The van der Waals surface area contributed by atoms with Gasteiger partial charge < -0.3 is 0 Å². The van der Waals surface area contributed by atoms with Gasteiger partial charge in [-0.05, 0) is 80.9 Å². The van der Waals surface area contributed by atoms with Crippen molar-refractivity contribution >= 4 is 11.8 Å². The third-order valence-electron chi connectivity index (χ3n) is 9.62. The molecule has 0 bridgehead atoms. The highest BCUT2D eigenvalue weighted by atomic mass is 32.2. The molecule has 0 saturated heterocycles. The first-order valence-corrected chi connectivity index (χ1v) is 18.5.